The first-order valence-corrected chi connectivity index (χ1v) is 19.2. The number of hydrogen-bond donors (Lipinski definition) is 0. The van der Waals surface area contributed by atoms with Crippen molar-refractivity contribution >= 4 is 59.3 Å². The lowest BCUT2D eigenvalue weighted by atomic mass is 9.93. The van der Waals surface area contributed by atoms with E-state index in [0.717, 1.165) is 17.1 Å². The first kappa shape index (κ1) is 32.0. The zero-order chi connectivity index (χ0) is 35.8. The summed E-state index contributed by atoms with van der Waals surface area (Å²) in [6.07, 6.45) is 0. The Morgan fingerprint density at radius 3 is 1.46 bits per heavy atom. The van der Waals surface area contributed by atoms with Gasteiger partial charge in [-0.15, -0.1) is 11.3 Å². The van der Waals surface area contributed by atoms with Crippen LogP contribution < -0.4 is 4.90 Å². The fourth-order valence-electron chi connectivity index (χ4n) is 7.80. The molecule has 0 fully saturated rings. The number of benzene rings is 9. The highest BCUT2D eigenvalue weighted by Gasteiger charge is 2.17. The summed E-state index contributed by atoms with van der Waals surface area (Å²) < 4.78 is 2.66. The number of thiophene rings is 1. The molecule has 0 aliphatic carbocycles. The molecule has 0 amide bonds. The molecule has 0 N–H and O–H groups in total. The van der Waals surface area contributed by atoms with Crippen molar-refractivity contribution in [1.29, 1.82) is 0 Å². The summed E-state index contributed by atoms with van der Waals surface area (Å²) in [5.41, 5.74) is 12.9. The SMILES string of the molecule is c1ccc(-c2ccc(N(c3ccc(-c4ccc5ccc6sc7ccccc7c6c5c4)cc3)c3ccc(-c4ccccc4)c(-c4ccccc4)c3)cc2)cc1. The second kappa shape index (κ2) is 13.7. The van der Waals surface area contributed by atoms with Crippen LogP contribution in [0.3, 0.4) is 0 Å². The predicted octanol–water partition coefficient (Wildman–Crippen LogP) is 15.3. The van der Waals surface area contributed by atoms with Crippen LogP contribution in [0.1, 0.15) is 0 Å². The minimum absolute atomic E-state index is 1.10. The van der Waals surface area contributed by atoms with E-state index in [0.29, 0.717) is 0 Å². The Morgan fingerprint density at radius 2 is 0.796 bits per heavy atom. The molecule has 0 aliphatic rings. The fourth-order valence-corrected chi connectivity index (χ4v) is 8.93. The number of anilines is 3. The van der Waals surface area contributed by atoms with E-state index >= 15 is 0 Å². The molecule has 0 saturated heterocycles. The Morgan fingerprint density at radius 1 is 0.296 bits per heavy atom. The Hall–Kier alpha value is -6.74. The molecule has 0 spiro atoms. The van der Waals surface area contributed by atoms with Crippen molar-refractivity contribution < 1.29 is 0 Å². The Kier molecular flexibility index (Phi) is 8.09. The Bertz CT molecular complexity index is 2890. The van der Waals surface area contributed by atoms with Crippen molar-refractivity contribution in [2.45, 2.75) is 0 Å². The van der Waals surface area contributed by atoms with Crippen molar-refractivity contribution in [2.24, 2.45) is 0 Å². The van der Waals surface area contributed by atoms with Gasteiger partial charge in [0.2, 0.25) is 0 Å². The van der Waals surface area contributed by atoms with Crippen LogP contribution in [0.15, 0.2) is 212 Å². The van der Waals surface area contributed by atoms with Gasteiger partial charge in [-0.3, -0.25) is 0 Å². The number of nitrogens with zero attached hydrogens (tertiary/aromatic N) is 1. The van der Waals surface area contributed by atoms with Gasteiger partial charge in [0.1, 0.15) is 0 Å². The Labute approximate surface area is 319 Å². The van der Waals surface area contributed by atoms with E-state index < -0.39 is 0 Å². The average Bonchev–Trinajstić information content (AvgIpc) is 3.64. The van der Waals surface area contributed by atoms with Gasteiger partial charge < -0.3 is 4.90 Å². The molecular formula is C52H35NS. The zero-order valence-electron chi connectivity index (χ0n) is 29.6. The van der Waals surface area contributed by atoms with Gasteiger partial charge in [-0.2, -0.15) is 0 Å². The molecule has 254 valence electrons. The summed E-state index contributed by atoms with van der Waals surface area (Å²) in [5.74, 6) is 0. The van der Waals surface area contributed by atoms with Gasteiger partial charge in [-0.25, -0.2) is 0 Å². The summed E-state index contributed by atoms with van der Waals surface area (Å²) in [6, 6.07) is 77.1. The van der Waals surface area contributed by atoms with Gasteiger partial charge >= 0.3 is 0 Å². The van der Waals surface area contributed by atoms with Crippen molar-refractivity contribution in [3.63, 3.8) is 0 Å². The molecule has 0 unspecified atom stereocenters. The normalized spacial score (nSPS) is 11.3. The molecule has 0 aliphatic heterocycles. The van der Waals surface area contributed by atoms with Gasteiger partial charge in [0, 0.05) is 37.2 Å². The summed E-state index contributed by atoms with van der Waals surface area (Å²) in [5, 5.41) is 5.26. The van der Waals surface area contributed by atoms with E-state index in [2.05, 4.69) is 217 Å². The van der Waals surface area contributed by atoms with Gasteiger partial charge in [-0.1, -0.05) is 158 Å². The lowest BCUT2D eigenvalue weighted by Gasteiger charge is -2.27. The molecule has 9 aromatic carbocycles. The number of hydrogen-bond acceptors (Lipinski definition) is 2. The van der Waals surface area contributed by atoms with E-state index in [1.54, 1.807) is 0 Å². The van der Waals surface area contributed by atoms with Gasteiger partial charge in [0.25, 0.3) is 0 Å². The maximum absolute atomic E-state index is 2.38. The summed E-state index contributed by atoms with van der Waals surface area (Å²) in [4.78, 5) is 2.38. The first-order valence-electron chi connectivity index (χ1n) is 18.4. The molecule has 54 heavy (non-hydrogen) atoms. The highest BCUT2D eigenvalue weighted by Crippen LogP contribution is 2.43. The van der Waals surface area contributed by atoms with Crippen molar-refractivity contribution in [1.82, 2.24) is 0 Å². The van der Waals surface area contributed by atoms with Crippen LogP contribution >= 0.6 is 11.3 Å². The quantitative estimate of drug-likeness (QED) is 0.160. The lowest BCUT2D eigenvalue weighted by molar-refractivity contribution is 1.28. The van der Waals surface area contributed by atoms with Crippen molar-refractivity contribution in [2.75, 3.05) is 4.90 Å². The maximum atomic E-state index is 2.38. The van der Waals surface area contributed by atoms with Crippen LogP contribution in [-0.4, -0.2) is 0 Å². The van der Waals surface area contributed by atoms with Crippen LogP contribution in [0.4, 0.5) is 17.1 Å². The third-order valence-electron chi connectivity index (χ3n) is 10.5. The third-order valence-corrected chi connectivity index (χ3v) is 11.6. The second-order valence-electron chi connectivity index (χ2n) is 13.7. The maximum Gasteiger partial charge on any atom is 0.0468 e. The minimum Gasteiger partial charge on any atom is -0.310 e. The van der Waals surface area contributed by atoms with Gasteiger partial charge in [-0.05, 0) is 110 Å². The highest BCUT2D eigenvalue weighted by molar-refractivity contribution is 7.26. The van der Waals surface area contributed by atoms with Crippen LogP contribution in [0.2, 0.25) is 0 Å². The molecule has 0 bridgehead atoms. The van der Waals surface area contributed by atoms with E-state index in [-0.39, 0.29) is 0 Å². The topological polar surface area (TPSA) is 3.24 Å². The summed E-state index contributed by atoms with van der Waals surface area (Å²) in [7, 11) is 0. The smallest absolute Gasteiger partial charge is 0.0468 e. The monoisotopic (exact) mass is 705 g/mol. The molecule has 10 rings (SSSR count). The lowest BCUT2D eigenvalue weighted by Crippen LogP contribution is -2.10. The molecule has 1 nitrogen and oxygen atoms in total. The molecule has 10 aromatic rings. The van der Waals surface area contributed by atoms with Crippen molar-refractivity contribution in [3.05, 3.63) is 212 Å². The van der Waals surface area contributed by atoms with Gasteiger partial charge in [0.05, 0.1) is 0 Å². The molecule has 1 heterocycles. The van der Waals surface area contributed by atoms with E-state index in [9.17, 15) is 0 Å². The van der Waals surface area contributed by atoms with Crippen LogP contribution in [0, 0.1) is 0 Å². The van der Waals surface area contributed by atoms with Crippen LogP contribution in [0.5, 0.6) is 0 Å². The van der Waals surface area contributed by atoms with Crippen LogP contribution in [-0.2, 0) is 0 Å². The standard InChI is InChI=1S/C52H35NS/c1-4-12-36(13-5-1)37-22-27-43(28-23-37)53(45-31-32-46(39-14-6-2-7-15-39)48(35-45)40-16-8-3-9-17-40)44-29-24-38(25-30-44)42-21-20-41-26-33-51-52(49(41)34-42)47-18-10-11-19-50(47)54-51/h1-35H. The molecule has 0 saturated carbocycles. The molecule has 0 atom stereocenters. The molecule has 0 radical (unpaired) electrons. The van der Waals surface area contributed by atoms with E-state index in [1.807, 2.05) is 11.3 Å². The summed E-state index contributed by atoms with van der Waals surface area (Å²) in [6.45, 7) is 0. The predicted molar refractivity (Wildman–Crippen MR) is 233 cm³/mol. The first-order chi connectivity index (χ1) is 26.8. The molecule has 2 heteroatoms. The third kappa shape index (κ3) is 5.84. The Balaban J connectivity index is 1.09. The number of rotatable bonds is 7. The largest absolute Gasteiger partial charge is 0.310 e. The van der Waals surface area contributed by atoms with E-state index in [4.69, 9.17) is 0 Å². The van der Waals surface area contributed by atoms with Crippen molar-refractivity contribution in [3.8, 4) is 44.5 Å². The zero-order valence-corrected chi connectivity index (χ0v) is 30.4. The molecule has 1 aromatic heterocycles. The minimum atomic E-state index is 1.10. The fraction of sp³-hybridized carbons (Fsp3) is 0. The number of fused-ring (bicyclic) bond motifs is 5. The van der Waals surface area contributed by atoms with E-state index in [1.165, 1.54) is 75.5 Å². The average molecular weight is 706 g/mol. The van der Waals surface area contributed by atoms with Crippen LogP contribution in [0.25, 0.3) is 75.5 Å². The summed E-state index contributed by atoms with van der Waals surface area (Å²) >= 11 is 1.87. The van der Waals surface area contributed by atoms with Gasteiger partial charge in [0.15, 0.2) is 0 Å². The molecular weight excluding hydrogens is 671 g/mol. The second-order valence-corrected chi connectivity index (χ2v) is 14.8. The highest BCUT2D eigenvalue weighted by atomic mass is 32.1.